The molecule has 1 aromatic heterocycles. The van der Waals surface area contributed by atoms with Crippen molar-refractivity contribution in [3.8, 4) is 0 Å². The van der Waals surface area contributed by atoms with Gasteiger partial charge >= 0.3 is 0 Å². The molecule has 0 saturated heterocycles. The van der Waals surface area contributed by atoms with Gasteiger partial charge in [-0.3, -0.25) is 4.98 Å². The Balaban J connectivity index is 1.97. The van der Waals surface area contributed by atoms with E-state index in [2.05, 4.69) is 22.4 Å². The minimum atomic E-state index is -0.0128. The number of nitrogens with one attached hydrogen (secondary N) is 1. The highest BCUT2D eigenvalue weighted by Gasteiger charge is 2.15. The normalized spacial score (nSPS) is 11.9. The van der Waals surface area contributed by atoms with Crippen molar-refractivity contribution < 1.29 is 0 Å². The van der Waals surface area contributed by atoms with Gasteiger partial charge in [0.05, 0.1) is 11.7 Å². The predicted octanol–water partition coefficient (Wildman–Crippen LogP) is 5.24. The van der Waals surface area contributed by atoms with Crippen LogP contribution in [0.3, 0.4) is 0 Å². The second-order valence-corrected chi connectivity index (χ2v) is 5.61. The monoisotopic (exact) mass is 308 g/mol. The minimum Gasteiger partial charge on any atom is -0.373 e. The molecule has 0 radical (unpaired) electrons. The number of nitrogens with zero attached hydrogens (tertiary/aromatic N) is 1. The van der Waals surface area contributed by atoms with E-state index in [1.165, 1.54) is 0 Å². The highest BCUT2D eigenvalue weighted by molar-refractivity contribution is 6.31. The molecule has 2 nitrogen and oxygen atoms in total. The molecule has 0 aliphatic carbocycles. The summed E-state index contributed by atoms with van der Waals surface area (Å²) in [6.45, 7) is 2.00. The van der Waals surface area contributed by atoms with Crippen molar-refractivity contribution >= 4 is 17.3 Å². The first-order valence-corrected chi connectivity index (χ1v) is 7.60. The Labute approximate surface area is 135 Å². The Kier molecular flexibility index (Phi) is 4.40. The lowest BCUT2D eigenvalue weighted by Crippen LogP contribution is -2.13. The van der Waals surface area contributed by atoms with E-state index >= 15 is 0 Å². The Bertz CT molecular complexity index is 702. The summed E-state index contributed by atoms with van der Waals surface area (Å²) in [5.41, 5.74) is 4.19. The first-order valence-electron chi connectivity index (χ1n) is 7.22. The standard InChI is InChI=1S/C19H17ClN2/c1-14-10-11-16(13-17(14)20)22-19(15-7-3-2-4-8-15)18-9-5-6-12-21-18/h2-13,19,22H,1H3. The van der Waals surface area contributed by atoms with Crippen LogP contribution in [0, 0.1) is 6.92 Å². The van der Waals surface area contributed by atoms with Gasteiger partial charge in [0.1, 0.15) is 0 Å². The van der Waals surface area contributed by atoms with Crippen LogP contribution in [0.15, 0.2) is 72.9 Å². The minimum absolute atomic E-state index is 0.0128. The largest absolute Gasteiger partial charge is 0.373 e. The lowest BCUT2D eigenvalue weighted by Gasteiger charge is -2.20. The number of anilines is 1. The molecule has 1 unspecified atom stereocenters. The maximum Gasteiger partial charge on any atom is 0.0940 e. The fraction of sp³-hybridized carbons (Fsp3) is 0.105. The number of aryl methyl sites for hydroxylation is 1. The quantitative estimate of drug-likeness (QED) is 0.712. The van der Waals surface area contributed by atoms with Gasteiger partial charge in [-0.15, -0.1) is 0 Å². The van der Waals surface area contributed by atoms with Gasteiger partial charge in [0.2, 0.25) is 0 Å². The van der Waals surface area contributed by atoms with Crippen molar-refractivity contribution in [1.82, 2.24) is 4.98 Å². The lowest BCUT2D eigenvalue weighted by atomic mass is 10.0. The summed E-state index contributed by atoms with van der Waals surface area (Å²) in [6, 6.07) is 22.2. The summed E-state index contributed by atoms with van der Waals surface area (Å²) < 4.78 is 0. The van der Waals surface area contributed by atoms with E-state index in [9.17, 15) is 0 Å². The van der Waals surface area contributed by atoms with Crippen molar-refractivity contribution in [3.05, 3.63) is 94.8 Å². The van der Waals surface area contributed by atoms with Crippen LogP contribution >= 0.6 is 11.6 Å². The zero-order chi connectivity index (χ0) is 15.4. The third-order valence-corrected chi connectivity index (χ3v) is 4.01. The molecule has 1 atom stereocenters. The van der Waals surface area contributed by atoms with Crippen LogP contribution in [-0.4, -0.2) is 4.98 Å². The van der Waals surface area contributed by atoms with Crippen molar-refractivity contribution in [1.29, 1.82) is 0 Å². The van der Waals surface area contributed by atoms with Gasteiger partial charge in [-0.05, 0) is 42.3 Å². The van der Waals surface area contributed by atoms with Crippen LogP contribution in [0.2, 0.25) is 5.02 Å². The van der Waals surface area contributed by atoms with Gasteiger partial charge in [-0.25, -0.2) is 0 Å². The van der Waals surface area contributed by atoms with Crippen molar-refractivity contribution in [2.24, 2.45) is 0 Å². The average molecular weight is 309 g/mol. The van der Waals surface area contributed by atoms with E-state index in [1.807, 2.05) is 67.7 Å². The van der Waals surface area contributed by atoms with Crippen LogP contribution < -0.4 is 5.32 Å². The van der Waals surface area contributed by atoms with Crippen LogP contribution in [0.5, 0.6) is 0 Å². The van der Waals surface area contributed by atoms with Gasteiger partial charge < -0.3 is 5.32 Å². The maximum absolute atomic E-state index is 6.23. The smallest absolute Gasteiger partial charge is 0.0940 e. The second kappa shape index (κ2) is 6.63. The molecule has 0 aliphatic heterocycles. The summed E-state index contributed by atoms with van der Waals surface area (Å²) in [5, 5.41) is 4.29. The molecule has 110 valence electrons. The Morgan fingerprint density at radius 1 is 0.955 bits per heavy atom. The van der Waals surface area contributed by atoms with Gasteiger partial charge in [-0.1, -0.05) is 54.1 Å². The van der Waals surface area contributed by atoms with Crippen LogP contribution in [0.25, 0.3) is 0 Å². The van der Waals surface area contributed by atoms with E-state index in [1.54, 1.807) is 0 Å². The number of aromatic nitrogens is 1. The third-order valence-electron chi connectivity index (χ3n) is 3.60. The summed E-state index contributed by atoms with van der Waals surface area (Å²) >= 11 is 6.23. The summed E-state index contributed by atoms with van der Waals surface area (Å²) in [5.74, 6) is 0. The molecule has 3 rings (SSSR count). The molecule has 0 saturated carbocycles. The molecule has 3 aromatic rings. The molecule has 0 aliphatic rings. The topological polar surface area (TPSA) is 24.9 Å². The zero-order valence-corrected chi connectivity index (χ0v) is 13.1. The third kappa shape index (κ3) is 3.29. The average Bonchev–Trinajstić information content (AvgIpc) is 2.57. The van der Waals surface area contributed by atoms with Crippen LogP contribution in [0.1, 0.15) is 22.9 Å². The summed E-state index contributed by atoms with van der Waals surface area (Å²) in [4.78, 5) is 4.50. The van der Waals surface area contributed by atoms with Gasteiger partial charge in [0.15, 0.2) is 0 Å². The van der Waals surface area contributed by atoms with Crippen molar-refractivity contribution in [2.45, 2.75) is 13.0 Å². The molecule has 2 aromatic carbocycles. The number of benzene rings is 2. The number of rotatable bonds is 4. The van der Waals surface area contributed by atoms with Crippen molar-refractivity contribution in [3.63, 3.8) is 0 Å². The van der Waals surface area contributed by atoms with Crippen LogP contribution in [0.4, 0.5) is 5.69 Å². The molecule has 1 N–H and O–H groups in total. The zero-order valence-electron chi connectivity index (χ0n) is 12.3. The highest BCUT2D eigenvalue weighted by atomic mass is 35.5. The van der Waals surface area contributed by atoms with Gasteiger partial charge in [0, 0.05) is 16.9 Å². The second-order valence-electron chi connectivity index (χ2n) is 5.21. The Morgan fingerprint density at radius 2 is 1.73 bits per heavy atom. The molecule has 0 amide bonds. The fourth-order valence-electron chi connectivity index (χ4n) is 2.37. The number of pyridine rings is 1. The van der Waals surface area contributed by atoms with Gasteiger partial charge in [-0.2, -0.15) is 0 Å². The maximum atomic E-state index is 6.23. The first-order chi connectivity index (χ1) is 10.7. The Morgan fingerprint density at radius 3 is 2.41 bits per heavy atom. The highest BCUT2D eigenvalue weighted by Crippen LogP contribution is 2.27. The van der Waals surface area contributed by atoms with Crippen molar-refractivity contribution in [2.75, 3.05) is 5.32 Å². The molecule has 0 bridgehead atoms. The SMILES string of the molecule is Cc1ccc(NC(c2ccccc2)c2ccccn2)cc1Cl. The Hall–Kier alpha value is -2.32. The number of hydrogen-bond donors (Lipinski definition) is 1. The van der Waals surface area contributed by atoms with E-state index in [4.69, 9.17) is 11.6 Å². The number of halogens is 1. The molecule has 22 heavy (non-hydrogen) atoms. The van der Waals surface area contributed by atoms with E-state index < -0.39 is 0 Å². The van der Waals surface area contributed by atoms with Crippen LogP contribution in [-0.2, 0) is 0 Å². The number of hydrogen-bond acceptors (Lipinski definition) is 2. The summed E-state index contributed by atoms with van der Waals surface area (Å²) in [6.07, 6.45) is 1.81. The molecule has 0 spiro atoms. The lowest BCUT2D eigenvalue weighted by molar-refractivity contribution is 0.887. The van der Waals surface area contributed by atoms with Gasteiger partial charge in [0.25, 0.3) is 0 Å². The first kappa shape index (κ1) is 14.6. The molecular weight excluding hydrogens is 292 g/mol. The molecule has 3 heteroatoms. The predicted molar refractivity (Wildman–Crippen MR) is 92.3 cm³/mol. The molecular formula is C19H17ClN2. The summed E-state index contributed by atoms with van der Waals surface area (Å²) in [7, 11) is 0. The molecule has 1 heterocycles. The van der Waals surface area contributed by atoms with E-state index in [0.29, 0.717) is 0 Å². The fourth-order valence-corrected chi connectivity index (χ4v) is 2.55. The molecule has 0 fully saturated rings. The van der Waals surface area contributed by atoms with E-state index in [-0.39, 0.29) is 6.04 Å². The van der Waals surface area contributed by atoms with E-state index in [0.717, 1.165) is 27.5 Å².